The number of nitrogens with zero attached hydrogens (tertiary/aromatic N) is 4. The second-order valence-corrected chi connectivity index (χ2v) is 5.96. The van der Waals surface area contributed by atoms with Crippen LogP contribution in [0.3, 0.4) is 0 Å². The molecule has 6 nitrogen and oxygen atoms in total. The topological polar surface area (TPSA) is 109 Å². The number of nitriles is 1. The van der Waals surface area contributed by atoms with Crippen molar-refractivity contribution in [3.63, 3.8) is 0 Å². The summed E-state index contributed by atoms with van der Waals surface area (Å²) in [7, 11) is 0. The molecule has 0 unspecified atom stereocenters. The van der Waals surface area contributed by atoms with Crippen LogP contribution in [0.1, 0.15) is 31.2 Å². The summed E-state index contributed by atoms with van der Waals surface area (Å²) in [4.78, 5) is 13.0. The summed E-state index contributed by atoms with van der Waals surface area (Å²) < 4.78 is 0. The summed E-state index contributed by atoms with van der Waals surface area (Å²) in [5, 5.41) is 18.9. The lowest BCUT2D eigenvalue weighted by molar-refractivity contribution is 0.475. The first-order valence-electron chi connectivity index (χ1n) is 7.82. The van der Waals surface area contributed by atoms with Crippen molar-refractivity contribution >= 4 is 5.82 Å². The highest BCUT2D eigenvalue weighted by atomic mass is 16.3. The first-order valence-corrected chi connectivity index (χ1v) is 7.82. The zero-order chi connectivity index (χ0) is 18.0. The Morgan fingerprint density at radius 3 is 2.28 bits per heavy atom. The summed E-state index contributed by atoms with van der Waals surface area (Å²) in [6.07, 6.45) is 3.39. The Hall–Kier alpha value is -3.46. The Balaban J connectivity index is 2.14. The van der Waals surface area contributed by atoms with Crippen LogP contribution in [0.2, 0.25) is 0 Å². The third-order valence-corrected chi connectivity index (χ3v) is 3.82. The number of aromatic hydroxyl groups is 1. The maximum Gasteiger partial charge on any atom is 0.142 e. The van der Waals surface area contributed by atoms with Crippen molar-refractivity contribution in [3.8, 4) is 34.2 Å². The van der Waals surface area contributed by atoms with Crippen molar-refractivity contribution in [2.24, 2.45) is 0 Å². The molecule has 0 spiro atoms. The molecule has 6 heteroatoms. The largest absolute Gasteiger partial charge is 0.508 e. The molecular formula is C19H17N5O. The Kier molecular flexibility index (Phi) is 4.31. The molecule has 0 bridgehead atoms. The second-order valence-electron chi connectivity index (χ2n) is 5.96. The minimum absolute atomic E-state index is 0.149. The monoisotopic (exact) mass is 331 g/mol. The van der Waals surface area contributed by atoms with Crippen LogP contribution in [-0.2, 0) is 0 Å². The van der Waals surface area contributed by atoms with Crippen LogP contribution in [-0.4, -0.2) is 20.1 Å². The van der Waals surface area contributed by atoms with E-state index in [-0.39, 0.29) is 17.5 Å². The molecule has 2 heterocycles. The molecule has 0 radical (unpaired) electrons. The number of hydrogen-bond acceptors (Lipinski definition) is 6. The van der Waals surface area contributed by atoms with Gasteiger partial charge < -0.3 is 10.8 Å². The highest BCUT2D eigenvalue weighted by Crippen LogP contribution is 2.31. The van der Waals surface area contributed by atoms with Gasteiger partial charge in [0.15, 0.2) is 0 Å². The Morgan fingerprint density at radius 2 is 1.72 bits per heavy atom. The lowest BCUT2D eigenvalue weighted by Gasteiger charge is -2.11. The fourth-order valence-electron chi connectivity index (χ4n) is 2.47. The van der Waals surface area contributed by atoms with Gasteiger partial charge in [-0.3, -0.25) is 0 Å². The summed E-state index contributed by atoms with van der Waals surface area (Å²) >= 11 is 0. The van der Waals surface area contributed by atoms with Crippen LogP contribution in [0.4, 0.5) is 5.82 Å². The van der Waals surface area contributed by atoms with Crippen LogP contribution >= 0.6 is 0 Å². The number of anilines is 1. The maximum atomic E-state index is 9.46. The number of rotatable bonds is 3. The van der Waals surface area contributed by atoms with E-state index < -0.39 is 0 Å². The predicted octanol–water partition coefficient (Wildman–Crippen LogP) is 3.49. The van der Waals surface area contributed by atoms with E-state index in [2.05, 4.69) is 21.0 Å². The van der Waals surface area contributed by atoms with Gasteiger partial charge in [-0.2, -0.15) is 5.26 Å². The van der Waals surface area contributed by atoms with E-state index in [1.165, 1.54) is 0 Å². The SMILES string of the molecule is CC(C)c1ncc(-c2cc(-c3ccc(O)cc3)nc(N)c2C#N)cn1. The third kappa shape index (κ3) is 3.26. The number of phenols is 1. The Labute approximate surface area is 145 Å². The van der Waals surface area contributed by atoms with Crippen LogP contribution in [0, 0.1) is 11.3 Å². The van der Waals surface area contributed by atoms with E-state index >= 15 is 0 Å². The van der Waals surface area contributed by atoms with Gasteiger partial charge in [-0.15, -0.1) is 0 Å². The predicted molar refractivity (Wildman–Crippen MR) is 95.6 cm³/mol. The molecule has 0 atom stereocenters. The van der Waals surface area contributed by atoms with Crippen molar-refractivity contribution in [2.75, 3.05) is 5.73 Å². The molecule has 0 fully saturated rings. The molecule has 25 heavy (non-hydrogen) atoms. The highest BCUT2D eigenvalue weighted by Gasteiger charge is 2.14. The van der Waals surface area contributed by atoms with Crippen molar-refractivity contribution in [1.82, 2.24) is 15.0 Å². The van der Waals surface area contributed by atoms with E-state index in [9.17, 15) is 10.4 Å². The fraction of sp³-hybridized carbons (Fsp3) is 0.158. The lowest BCUT2D eigenvalue weighted by atomic mass is 10.0. The van der Waals surface area contributed by atoms with E-state index in [1.807, 2.05) is 13.8 Å². The van der Waals surface area contributed by atoms with Crippen molar-refractivity contribution in [2.45, 2.75) is 19.8 Å². The third-order valence-electron chi connectivity index (χ3n) is 3.82. The van der Waals surface area contributed by atoms with E-state index in [4.69, 9.17) is 5.73 Å². The van der Waals surface area contributed by atoms with Gasteiger partial charge in [0.1, 0.15) is 29.0 Å². The summed E-state index contributed by atoms with van der Waals surface area (Å²) in [6.45, 7) is 4.03. The normalized spacial score (nSPS) is 10.6. The van der Waals surface area contributed by atoms with Crippen LogP contribution in [0.15, 0.2) is 42.7 Å². The molecule has 3 rings (SSSR count). The fourth-order valence-corrected chi connectivity index (χ4v) is 2.47. The number of nitrogens with two attached hydrogens (primary N) is 1. The second kappa shape index (κ2) is 6.57. The van der Waals surface area contributed by atoms with Gasteiger partial charge in [-0.05, 0) is 30.3 Å². The summed E-state index contributed by atoms with van der Waals surface area (Å²) in [5.74, 6) is 1.28. The smallest absolute Gasteiger partial charge is 0.142 e. The first-order chi connectivity index (χ1) is 12.0. The van der Waals surface area contributed by atoms with Crippen molar-refractivity contribution in [3.05, 3.63) is 54.1 Å². The first kappa shape index (κ1) is 16.4. The molecule has 0 saturated heterocycles. The number of hydrogen-bond donors (Lipinski definition) is 2. The maximum absolute atomic E-state index is 9.46. The van der Waals surface area contributed by atoms with Gasteiger partial charge in [0.2, 0.25) is 0 Å². The molecule has 124 valence electrons. The van der Waals surface area contributed by atoms with Crippen molar-refractivity contribution in [1.29, 1.82) is 5.26 Å². The molecule has 0 amide bonds. The molecule has 1 aromatic carbocycles. The number of nitrogen functional groups attached to an aromatic ring is 1. The van der Waals surface area contributed by atoms with E-state index in [0.717, 1.165) is 11.4 Å². The van der Waals surface area contributed by atoms with E-state index in [1.54, 1.807) is 42.7 Å². The van der Waals surface area contributed by atoms with Crippen LogP contribution < -0.4 is 5.73 Å². The highest BCUT2D eigenvalue weighted by molar-refractivity contribution is 5.79. The number of aromatic nitrogens is 3. The molecular weight excluding hydrogens is 314 g/mol. The summed E-state index contributed by atoms with van der Waals surface area (Å²) in [5.41, 5.74) is 9.02. The number of phenolic OH excluding ortho intramolecular Hbond substituents is 1. The van der Waals surface area contributed by atoms with Crippen molar-refractivity contribution < 1.29 is 5.11 Å². The average molecular weight is 331 g/mol. The molecule has 2 aromatic heterocycles. The van der Waals surface area contributed by atoms with Gasteiger partial charge in [-0.25, -0.2) is 15.0 Å². The van der Waals surface area contributed by atoms with Gasteiger partial charge >= 0.3 is 0 Å². The molecule has 0 aliphatic heterocycles. The average Bonchev–Trinajstić information content (AvgIpc) is 2.61. The van der Waals surface area contributed by atoms with Crippen LogP contribution in [0.5, 0.6) is 5.75 Å². The molecule has 0 aliphatic rings. The van der Waals surface area contributed by atoms with Crippen LogP contribution in [0.25, 0.3) is 22.4 Å². The minimum atomic E-state index is 0.149. The van der Waals surface area contributed by atoms with Gasteiger partial charge in [0, 0.05) is 35.0 Å². The quantitative estimate of drug-likeness (QED) is 0.760. The molecule has 3 aromatic rings. The zero-order valence-electron chi connectivity index (χ0n) is 13.9. The Morgan fingerprint density at radius 1 is 1.08 bits per heavy atom. The number of benzene rings is 1. The number of pyridine rings is 1. The molecule has 3 N–H and O–H groups in total. The molecule has 0 saturated carbocycles. The standard InChI is InChI=1S/C19H17N5O/c1-11(2)19-22-9-13(10-23-19)15-7-17(24-18(21)16(15)8-20)12-3-5-14(25)6-4-12/h3-7,9-11,25H,1-2H3,(H2,21,24). The Bertz CT molecular complexity index is 941. The van der Waals surface area contributed by atoms with Gasteiger partial charge in [-0.1, -0.05) is 13.8 Å². The zero-order valence-corrected chi connectivity index (χ0v) is 13.9. The lowest BCUT2D eigenvalue weighted by Crippen LogP contribution is -2.01. The molecule has 0 aliphatic carbocycles. The van der Waals surface area contributed by atoms with Gasteiger partial charge in [0.05, 0.1) is 5.69 Å². The summed E-state index contributed by atoms with van der Waals surface area (Å²) in [6, 6.07) is 10.5. The van der Waals surface area contributed by atoms with E-state index in [0.29, 0.717) is 22.4 Å². The minimum Gasteiger partial charge on any atom is -0.508 e. The van der Waals surface area contributed by atoms with Gasteiger partial charge in [0.25, 0.3) is 0 Å².